The van der Waals surface area contributed by atoms with Gasteiger partial charge in [-0.15, -0.1) is 0 Å². The molecule has 0 aromatic carbocycles. The summed E-state index contributed by atoms with van der Waals surface area (Å²) in [6.07, 6.45) is 3.16. The number of aromatic nitrogens is 2. The number of esters is 1. The van der Waals surface area contributed by atoms with E-state index in [1.165, 1.54) is 7.11 Å². The number of furan rings is 1. The molecule has 0 aliphatic rings. The maximum atomic E-state index is 12.1. The summed E-state index contributed by atoms with van der Waals surface area (Å²) >= 11 is 3.39. The Bertz CT molecular complexity index is 724. The van der Waals surface area contributed by atoms with Crippen LogP contribution in [0.15, 0.2) is 21.2 Å². The zero-order valence-electron chi connectivity index (χ0n) is 14.7. The summed E-state index contributed by atoms with van der Waals surface area (Å²) in [5.41, 5.74) is 1.36. The van der Waals surface area contributed by atoms with Gasteiger partial charge in [0.15, 0.2) is 15.5 Å². The molecule has 2 aromatic heterocycles. The molecule has 24 heavy (non-hydrogen) atoms. The van der Waals surface area contributed by atoms with Crippen molar-refractivity contribution in [3.05, 3.63) is 28.3 Å². The van der Waals surface area contributed by atoms with Gasteiger partial charge in [0.1, 0.15) is 12.0 Å². The quantitative estimate of drug-likeness (QED) is 0.513. The fraction of sp³-hybridized carbons (Fsp3) is 0.500. The number of carbonyl (C=O) groups is 1. The fourth-order valence-electron chi connectivity index (χ4n) is 2.30. The number of methoxy groups -OCH3 is 1. The summed E-state index contributed by atoms with van der Waals surface area (Å²) in [7, 11) is 0.448. The van der Waals surface area contributed by atoms with Gasteiger partial charge >= 0.3 is 5.97 Å². The Hall–Kier alpha value is -1.38. The number of rotatable bonds is 7. The predicted molar refractivity (Wildman–Crippen MR) is 97.7 cm³/mol. The third kappa shape index (κ3) is 4.17. The molecule has 0 bridgehead atoms. The van der Waals surface area contributed by atoms with Gasteiger partial charge in [0.25, 0.3) is 0 Å². The summed E-state index contributed by atoms with van der Waals surface area (Å²) in [5, 5.41) is 0. The third-order valence-corrected chi connectivity index (χ3v) is 6.00. The van der Waals surface area contributed by atoms with E-state index in [9.17, 15) is 4.79 Å². The second-order valence-electron chi connectivity index (χ2n) is 6.10. The van der Waals surface area contributed by atoms with Crippen LogP contribution in [0.5, 0.6) is 0 Å². The normalized spacial score (nSPS) is 12.2. The van der Waals surface area contributed by atoms with Crippen LogP contribution in [0.4, 0.5) is 0 Å². The lowest BCUT2D eigenvalue weighted by Gasteiger charge is -2.24. The van der Waals surface area contributed by atoms with E-state index in [2.05, 4.69) is 41.7 Å². The van der Waals surface area contributed by atoms with E-state index in [1.807, 2.05) is 17.6 Å². The summed E-state index contributed by atoms with van der Waals surface area (Å²) < 4.78 is 19.2. The second-order valence-corrected chi connectivity index (χ2v) is 8.16. The lowest BCUT2D eigenvalue weighted by Crippen LogP contribution is -2.28. The molecule has 2 heterocycles. The first-order valence-corrected chi connectivity index (χ1v) is 10.2. The van der Waals surface area contributed by atoms with Crippen LogP contribution >= 0.6 is 15.9 Å². The molecule has 0 amide bonds. The van der Waals surface area contributed by atoms with Crippen LogP contribution in [-0.4, -0.2) is 38.0 Å². The molecule has 0 radical (unpaired) electrons. The Labute approximate surface area is 152 Å². The molecule has 0 saturated carbocycles. The molecule has 0 aliphatic heterocycles. The Balaban J connectivity index is 2.36. The molecule has 2 rings (SSSR count). The summed E-state index contributed by atoms with van der Waals surface area (Å²) in [6.45, 7) is 8.10. The van der Waals surface area contributed by atoms with E-state index in [1.54, 1.807) is 6.26 Å². The first-order chi connectivity index (χ1) is 11.3. The first-order valence-electron chi connectivity index (χ1n) is 7.83. The highest BCUT2D eigenvalue weighted by Gasteiger charge is 2.24. The number of aryl methyl sites for hydroxylation is 1. The topological polar surface area (TPSA) is 66.5 Å². The molecular formula is C16H23BrN2O4Si. The smallest absolute Gasteiger partial charge is 0.374 e. The molecule has 2 aromatic rings. The Morgan fingerprint density at radius 3 is 2.75 bits per heavy atom. The van der Waals surface area contributed by atoms with Crippen LogP contribution < -0.4 is 0 Å². The summed E-state index contributed by atoms with van der Waals surface area (Å²) in [6, 6.07) is 1.86. The number of carbonyl (C=O) groups excluding carboxylic acids is 1. The second kappa shape index (κ2) is 7.67. The van der Waals surface area contributed by atoms with Crippen molar-refractivity contribution in [3.8, 4) is 11.5 Å². The lowest BCUT2D eigenvalue weighted by atomic mass is 10.1. The van der Waals surface area contributed by atoms with Crippen molar-refractivity contribution >= 4 is 31.7 Å². The molecule has 6 nitrogen and oxygen atoms in total. The molecule has 8 heteroatoms. The molecule has 132 valence electrons. The van der Waals surface area contributed by atoms with Crippen LogP contribution in [0.2, 0.25) is 0 Å². The number of hydrogen-bond donors (Lipinski definition) is 0. The van der Waals surface area contributed by atoms with E-state index in [0.29, 0.717) is 11.9 Å². The van der Waals surface area contributed by atoms with Crippen LogP contribution in [0, 0.1) is 6.92 Å². The molecule has 0 spiro atoms. The highest BCUT2D eigenvalue weighted by molar-refractivity contribution is 9.10. The maximum Gasteiger partial charge on any atom is 0.374 e. The van der Waals surface area contributed by atoms with Crippen molar-refractivity contribution in [2.75, 3.05) is 7.11 Å². The van der Waals surface area contributed by atoms with Crippen molar-refractivity contribution in [1.82, 2.24) is 9.55 Å². The van der Waals surface area contributed by atoms with Gasteiger partial charge < -0.3 is 18.1 Å². The standard InChI is InChI=1S/C16H23BrN2O4Si/c1-6-16(3,4)23-24-9-19-13(12-7-11(17)8-22-12)10(2)18-14(19)15(20)21-5/h7-8H,6,9,24H2,1-5H3. The van der Waals surface area contributed by atoms with Gasteiger partial charge in [-0.3, -0.25) is 0 Å². The zero-order valence-corrected chi connectivity index (χ0v) is 17.7. The van der Waals surface area contributed by atoms with Gasteiger partial charge in [0.2, 0.25) is 5.82 Å². The van der Waals surface area contributed by atoms with Gasteiger partial charge in [0.05, 0.1) is 17.3 Å². The number of imidazole rings is 1. The number of hydrogen-bond acceptors (Lipinski definition) is 5. The van der Waals surface area contributed by atoms with Gasteiger partial charge in [-0.2, -0.15) is 0 Å². The van der Waals surface area contributed by atoms with E-state index >= 15 is 0 Å². The third-order valence-electron chi connectivity index (χ3n) is 3.97. The van der Waals surface area contributed by atoms with Gasteiger partial charge in [0, 0.05) is 17.8 Å². The minimum absolute atomic E-state index is 0.152. The van der Waals surface area contributed by atoms with Gasteiger partial charge in [-0.05, 0) is 43.1 Å². The van der Waals surface area contributed by atoms with E-state index in [4.69, 9.17) is 13.6 Å². The summed E-state index contributed by atoms with van der Waals surface area (Å²) in [4.78, 5) is 16.5. The van der Waals surface area contributed by atoms with Crippen LogP contribution in [-0.2, 0) is 15.3 Å². The molecule has 0 aliphatic carbocycles. The largest absolute Gasteiger partial charge is 0.463 e. The highest BCUT2D eigenvalue weighted by Crippen LogP contribution is 2.29. The van der Waals surface area contributed by atoms with Crippen molar-refractivity contribution in [3.63, 3.8) is 0 Å². The van der Waals surface area contributed by atoms with Crippen molar-refractivity contribution < 1.29 is 18.4 Å². The fourth-order valence-corrected chi connectivity index (χ4v) is 4.07. The monoisotopic (exact) mass is 414 g/mol. The van der Waals surface area contributed by atoms with Crippen LogP contribution in [0.25, 0.3) is 11.5 Å². The minimum Gasteiger partial charge on any atom is -0.463 e. The SMILES string of the molecule is CCC(C)(C)O[SiH2]Cn1c(C(=O)OC)nc(C)c1-c1cc(Br)co1. The number of halogens is 1. The number of nitrogens with zero attached hydrogens (tertiary/aromatic N) is 2. The number of ether oxygens (including phenoxy) is 1. The highest BCUT2D eigenvalue weighted by atomic mass is 79.9. The van der Waals surface area contributed by atoms with Crippen LogP contribution in [0.3, 0.4) is 0 Å². The van der Waals surface area contributed by atoms with Crippen LogP contribution in [0.1, 0.15) is 43.5 Å². The van der Waals surface area contributed by atoms with E-state index in [-0.39, 0.29) is 11.4 Å². The molecular weight excluding hydrogens is 392 g/mol. The lowest BCUT2D eigenvalue weighted by molar-refractivity contribution is 0.0582. The molecule has 0 fully saturated rings. The Kier molecular flexibility index (Phi) is 6.05. The van der Waals surface area contributed by atoms with E-state index < -0.39 is 15.7 Å². The maximum absolute atomic E-state index is 12.1. The molecule has 0 N–H and O–H groups in total. The average molecular weight is 415 g/mol. The van der Waals surface area contributed by atoms with Crippen molar-refractivity contribution in [2.45, 2.75) is 45.9 Å². The average Bonchev–Trinajstić information content (AvgIpc) is 3.10. The van der Waals surface area contributed by atoms with Crippen molar-refractivity contribution in [1.29, 1.82) is 0 Å². The molecule has 0 saturated heterocycles. The Morgan fingerprint density at radius 2 is 2.21 bits per heavy atom. The van der Waals surface area contributed by atoms with Gasteiger partial charge in [-0.25, -0.2) is 9.78 Å². The van der Waals surface area contributed by atoms with Gasteiger partial charge in [-0.1, -0.05) is 6.92 Å². The zero-order chi connectivity index (χ0) is 17.9. The van der Waals surface area contributed by atoms with E-state index in [0.717, 1.165) is 22.3 Å². The first kappa shape index (κ1) is 18.9. The van der Waals surface area contributed by atoms with Crippen molar-refractivity contribution in [2.24, 2.45) is 0 Å². The minimum atomic E-state index is -0.907. The summed E-state index contributed by atoms with van der Waals surface area (Å²) in [5.74, 6) is 0.479. The molecule has 0 unspecified atom stereocenters. The predicted octanol–water partition coefficient (Wildman–Crippen LogP) is 3.25. The Morgan fingerprint density at radius 1 is 1.50 bits per heavy atom. The molecule has 0 atom stereocenters.